The van der Waals surface area contributed by atoms with E-state index in [1.807, 2.05) is 13.1 Å². The number of benzene rings is 1. The zero-order valence-electron chi connectivity index (χ0n) is 15.7. The Labute approximate surface area is 157 Å². The summed E-state index contributed by atoms with van der Waals surface area (Å²) in [6, 6.07) is 3.15. The second-order valence-corrected chi connectivity index (χ2v) is 7.07. The molecule has 1 aromatic carbocycles. The van der Waals surface area contributed by atoms with E-state index in [1.165, 1.54) is 19.2 Å². The van der Waals surface area contributed by atoms with E-state index in [2.05, 4.69) is 32.3 Å². The van der Waals surface area contributed by atoms with Crippen LogP contribution in [0.15, 0.2) is 24.5 Å². The van der Waals surface area contributed by atoms with Gasteiger partial charge in [-0.3, -0.25) is 0 Å². The van der Waals surface area contributed by atoms with Gasteiger partial charge in [-0.1, -0.05) is 0 Å². The van der Waals surface area contributed by atoms with Crippen LogP contribution in [0.5, 0.6) is 5.75 Å². The number of methoxy groups -OCH3 is 1. The fourth-order valence-electron chi connectivity index (χ4n) is 3.62. The molecule has 0 saturated carbocycles. The zero-order valence-corrected chi connectivity index (χ0v) is 15.7. The Morgan fingerprint density at radius 2 is 2.19 bits per heavy atom. The number of likely N-dealkylation sites (N-methyl/N-ethyl adjacent to an activating group) is 1. The van der Waals surface area contributed by atoms with Crippen LogP contribution in [0.4, 0.5) is 10.3 Å². The molecule has 1 saturated heterocycles. The van der Waals surface area contributed by atoms with E-state index in [4.69, 9.17) is 4.74 Å². The molecule has 1 atom stereocenters. The average molecular weight is 370 g/mol. The molecule has 4 rings (SSSR count). The number of anilines is 1. The number of nitrogens with one attached hydrogen (secondary N) is 1. The molecule has 0 bridgehead atoms. The Kier molecular flexibility index (Phi) is 4.65. The fraction of sp³-hybridized carbons (Fsp3) is 0.421. The molecule has 1 aliphatic heterocycles. The van der Waals surface area contributed by atoms with Crippen LogP contribution >= 0.6 is 0 Å². The predicted octanol–water partition coefficient (Wildman–Crippen LogP) is 2.78. The van der Waals surface area contributed by atoms with Crippen LogP contribution in [0.1, 0.15) is 18.4 Å². The van der Waals surface area contributed by atoms with Crippen molar-refractivity contribution in [1.82, 2.24) is 24.6 Å². The number of nitrogens with zero attached hydrogens (tertiary/aromatic N) is 5. The molecule has 3 aromatic rings. The maximum Gasteiger partial charge on any atom is 0.225 e. The molecule has 0 amide bonds. The van der Waals surface area contributed by atoms with Crippen molar-refractivity contribution in [2.24, 2.45) is 0 Å². The summed E-state index contributed by atoms with van der Waals surface area (Å²) in [7, 11) is 3.64. The number of hydrogen-bond donors (Lipinski definition) is 1. The Morgan fingerprint density at radius 3 is 2.96 bits per heavy atom. The molecule has 0 aliphatic carbocycles. The molecule has 1 aliphatic rings. The van der Waals surface area contributed by atoms with Gasteiger partial charge in [-0.2, -0.15) is 4.98 Å². The number of ether oxygens (including phenoxy) is 1. The average Bonchev–Trinajstić information content (AvgIpc) is 3.03. The summed E-state index contributed by atoms with van der Waals surface area (Å²) in [6.07, 6.45) is 5.85. The number of hydrogen-bond acceptors (Lipinski definition) is 6. The minimum absolute atomic E-state index is 0.336. The van der Waals surface area contributed by atoms with Crippen molar-refractivity contribution in [2.75, 3.05) is 32.6 Å². The lowest BCUT2D eigenvalue weighted by Crippen LogP contribution is -2.40. The van der Waals surface area contributed by atoms with Crippen LogP contribution in [-0.4, -0.2) is 57.9 Å². The second kappa shape index (κ2) is 7.11. The van der Waals surface area contributed by atoms with Gasteiger partial charge in [-0.05, 0) is 45.0 Å². The van der Waals surface area contributed by atoms with Crippen molar-refractivity contribution in [2.45, 2.75) is 25.8 Å². The third kappa shape index (κ3) is 3.57. The number of likely N-dealkylation sites (tertiary alicyclic amines) is 1. The SMILES string of the molecule is COc1cc(F)cc(C)c1-n1cc2cnc(N[C@@H]3CCCN(C)C3)nc2n1. The van der Waals surface area contributed by atoms with Gasteiger partial charge in [0, 0.05) is 31.0 Å². The molecule has 0 spiro atoms. The van der Waals surface area contributed by atoms with Crippen LogP contribution in [0.2, 0.25) is 0 Å². The Morgan fingerprint density at radius 1 is 1.33 bits per heavy atom. The highest BCUT2D eigenvalue weighted by Crippen LogP contribution is 2.28. The molecule has 3 heterocycles. The number of aryl methyl sites for hydroxylation is 1. The van der Waals surface area contributed by atoms with Crippen molar-refractivity contribution in [1.29, 1.82) is 0 Å². The van der Waals surface area contributed by atoms with Gasteiger partial charge in [-0.25, -0.2) is 14.1 Å². The van der Waals surface area contributed by atoms with Gasteiger partial charge >= 0.3 is 0 Å². The molecular weight excluding hydrogens is 347 g/mol. The summed E-state index contributed by atoms with van der Waals surface area (Å²) in [5.74, 6) is 0.668. The van der Waals surface area contributed by atoms with Crippen molar-refractivity contribution < 1.29 is 9.13 Å². The summed E-state index contributed by atoms with van der Waals surface area (Å²) in [4.78, 5) is 11.3. The van der Waals surface area contributed by atoms with Crippen LogP contribution in [-0.2, 0) is 0 Å². The van der Waals surface area contributed by atoms with Crippen LogP contribution in [0.3, 0.4) is 0 Å². The third-order valence-electron chi connectivity index (χ3n) is 4.90. The van der Waals surface area contributed by atoms with Gasteiger partial charge in [0.2, 0.25) is 5.95 Å². The first-order valence-electron chi connectivity index (χ1n) is 9.05. The molecule has 142 valence electrons. The molecule has 0 unspecified atom stereocenters. The minimum Gasteiger partial charge on any atom is -0.494 e. The van der Waals surface area contributed by atoms with E-state index in [1.54, 1.807) is 10.9 Å². The smallest absolute Gasteiger partial charge is 0.225 e. The monoisotopic (exact) mass is 370 g/mol. The van der Waals surface area contributed by atoms with Crippen molar-refractivity contribution >= 4 is 17.0 Å². The predicted molar refractivity (Wildman–Crippen MR) is 102 cm³/mol. The normalized spacial score (nSPS) is 18.0. The molecule has 2 aromatic heterocycles. The maximum atomic E-state index is 13.7. The van der Waals surface area contributed by atoms with Crippen molar-refractivity contribution in [3.05, 3.63) is 35.9 Å². The quantitative estimate of drug-likeness (QED) is 0.762. The van der Waals surface area contributed by atoms with Crippen LogP contribution in [0.25, 0.3) is 16.7 Å². The van der Waals surface area contributed by atoms with E-state index < -0.39 is 0 Å². The first-order chi connectivity index (χ1) is 13.0. The summed E-state index contributed by atoms with van der Waals surface area (Å²) in [5, 5.41) is 8.78. The van der Waals surface area contributed by atoms with E-state index in [9.17, 15) is 4.39 Å². The lowest BCUT2D eigenvalue weighted by atomic mass is 10.1. The molecule has 7 nitrogen and oxygen atoms in total. The minimum atomic E-state index is -0.339. The van der Waals surface area contributed by atoms with Gasteiger partial charge in [0.15, 0.2) is 5.65 Å². The highest BCUT2D eigenvalue weighted by Gasteiger charge is 2.19. The molecular formula is C19H23FN6O. The highest BCUT2D eigenvalue weighted by atomic mass is 19.1. The van der Waals surface area contributed by atoms with Crippen LogP contribution in [0, 0.1) is 12.7 Å². The van der Waals surface area contributed by atoms with Gasteiger partial charge < -0.3 is 15.0 Å². The fourth-order valence-corrected chi connectivity index (χ4v) is 3.62. The topological polar surface area (TPSA) is 68.1 Å². The van der Waals surface area contributed by atoms with Gasteiger partial charge in [-0.15, -0.1) is 5.10 Å². The van der Waals surface area contributed by atoms with Gasteiger partial charge in [0.1, 0.15) is 17.3 Å². The highest BCUT2D eigenvalue weighted by molar-refractivity contribution is 5.75. The van der Waals surface area contributed by atoms with Gasteiger partial charge in [0.25, 0.3) is 0 Å². The second-order valence-electron chi connectivity index (χ2n) is 7.07. The first kappa shape index (κ1) is 17.7. The molecule has 8 heteroatoms. The molecule has 1 N–H and O–H groups in total. The zero-order chi connectivity index (χ0) is 19.0. The van der Waals surface area contributed by atoms with Crippen LogP contribution < -0.4 is 10.1 Å². The number of aromatic nitrogens is 4. The summed E-state index contributed by atoms with van der Waals surface area (Å²) in [5.41, 5.74) is 2.01. The Hall–Kier alpha value is -2.74. The van der Waals surface area contributed by atoms with E-state index >= 15 is 0 Å². The number of piperidine rings is 1. The number of halogens is 1. The van der Waals surface area contributed by atoms with E-state index in [0.29, 0.717) is 29.1 Å². The standard InChI is InChI=1S/C19H23FN6O/c1-12-7-14(20)8-16(27-3)17(12)26-10-13-9-21-19(23-18(13)24-26)22-15-5-4-6-25(2)11-15/h7-10,15H,4-6,11H2,1-3H3,(H,22,23,24)/t15-/m1/s1. The summed E-state index contributed by atoms with van der Waals surface area (Å²) in [6.45, 7) is 3.93. The first-order valence-corrected chi connectivity index (χ1v) is 9.05. The lowest BCUT2D eigenvalue weighted by Gasteiger charge is -2.30. The molecule has 1 fully saturated rings. The largest absolute Gasteiger partial charge is 0.494 e. The third-order valence-corrected chi connectivity index (χ3v) is 4.90. The maximum absolute atomic E-state index is 13.7. The number of rotatable bonds is 4. The number of fused-ring (bicyclic) bond motifs is 1. The van der Waals surface area contributed by atoms with E-state index in [0.717, 1.165) is 36.9 Å². The van der Waals surface area contributed by atoms with Gasteiger partial charge in [0.05, 0.1) is 12.5 Å². The van der Waals surface area contributed by atoms with Crippen molar-refractivity contribution in [3.8, 4) is 11.4 Å². The summed E-state index contributed by atoms with van der Waals surface area (Å²) < 4.78 is 20.7. The Balaban J connectivity index is 1.66. The molecule has 0 radical (unpaired) electrons. The Bertz CT molecular complexity index is 972. The van der Waals surface area contributed by atoms with E-state index in [-0.39, 0.29) is 5.82 Å². The van der Waals surface area contributed by atoms with Crippen molar-refractivity contribution in [3.63, 3.8) is 0 Å². The lowest BCUT2D eigenvalue weighted by molar-refractivity contribution is 0.260. The molecule has 27 heavy (non-hydrogen) atoms. The summed E-state index contributed by atoms with van der Waals surface area (Å²) >= 11 is 0.